The minimum atomic E-state index is -1.51. The number of carboxylic acid groups (broad SMARTS) is 1. The second-order valence-corrected chi connectivity index (χ2v) is 17.3. The molecular weight excluding hydrogens is 644 g/mol. The van der Waals surface area contributed by atoms with Gasteiger partial charge in [-0.15, -0.1) is 0 Å². The Labute approximate surface area is 300 Å². The van der Waals surface area contributed by atoms with Gasteiger partial charge in [-0.1, -0.05) is 48.5 Å². The van der Waals surface area contributed by atoms with Crippen molar-refractivity contribution in [3.63, 3.8) is 0 Å². The van der Waals surface area contributed by atoms with Gasteiger partial charge < -0.3 is 48.5 Å². The molecule has 0 aromatic carbocycles. The van der Waals surface area contributed by atoms with E-state index in [4.69, 9.17) is 33.2 Å². The summed E-state index contributed by atoms with van der Waals surface area (Å²) in [5, 5.41) is 33.3. The smallest absolute Gasteiger partial charge is 0.308 e. The van der Waals surface area contributed by atoms with Crippen LogP contribution in [0.3, 0.4) is 0 Å². The standard InChI is InChI=1S/C39H68O11/c1-13-37(42,14-2)36(10)20-22(4)39(43,50-36)29-19-21(3)33(46-29)35(9)17-15-27(47-35)28-16-18-38(48-28)26(8)32(45-12)24(6)31(49-38)23(5)30(44-11)25(7)34(40)41/h21-33,42-43H,13-20H2,1-12H3,(H,40,41)/t21-,22-,23-,24-,25-,26?,27+,28-,29+,30+,31+,32+,33+,35-,36-,38-,39-/m0/s1. The molecule has 5 aliphatic rings. The van der Waals surface area contributed by atoms with Crippen molar-refractivity contribution in [3.8, 4) is 0 Å². The summed E-state index contributed by atoms with van der Waals surface area (Å²) < 4.78 is 45.9. The van der Waals surface area contributed by atoms with Gasteiger partial charge in [0, 0.05) is 44.3 Å². The number of methoxy groups -OCH3 is 2. The maximum absolute atomic E-state index is 12.1. The molecule has 0 aromatic heterocycles. The van der Waals surface area contributed by atoms with Gasteiger partial charge in [0.2, 0.25) is 0 Å². The van der Waals surface area contributed by atoms with E-state index < -0.39 is 52.5 Å². The van der Waals surface area contributed by atoms with Crippen LogP contribution in [0.1, 0.15) is 121 Å². The summed E-state index contributed by atoms with van der Waals surface area (Å²) in [5.74, 6) is -4.37. The van der Waals surface area contributed by atoms with Gasteiger partial charge in [0.1, 0.15) is 6.10 Å². The topological polar surface area (TPSA) is 142 Å². The van der Waals surface area contributed by atoms with Crippen LogP contribution >= 0.6 is 0 Å². The Bertz CT molecular complexity index is 1200. The molecular formula is C39H68O11. The van der Waals surface area contributed by atoms with E-state index >= 15 is 0 Å². The summed E-state index contributed by atoms with van der Waals surface area (Å²) in [5.41, 5.74) is -2.49. The third kappa shape index (κ3) is 6.50. The van der Waals surface area contributed by atoms with Gasteiger partial charge >= 0.3 is 5.97 Å². The van der Waals surface area contributed by atoms with E-state index in [1.165, 1.54) is 0 Å². The van der Waals surface area contributed by atoms with Crippen LogP contribution < -0.4 is 0 Å². The number of carbonyl (C=O) groups is 1. The third-order valence-corrected chi connectivity index (χ3v) is 14.3. The highest BCUT2D eigenvalue weighted by atomic mass is 16.7. The van der Waals surface area contributed by atoms with E-state index in [9.17, 15) is 20.1 Å². The van der Waals surface area contributed by atoms with E-state index in [1.807, 2.05) is 34.6 Å². The van der Waals surface area contributed by atoms with Crippen LogP contribution in [0.2, 0.25) is 0 Å². The molecule has 5 aliphatic heterocycles. The van der Waals surface area contributed by atoms with Crippen molar-refractivity contribution in [1.29, 1.82) is 0 Å². The Morgan fingerprint density at radius 3 is 2.18 bits per heavy atom. The lowest BCUT2D eigenvalue weighted by molar-refractivity contribution is -0.346. The van der Waals surface area contributed by atoms with Crippen molar-refractivity contribution < 1.29 is 53.3 Å². The molecule has 0 aromatic rings. The van der Waals surface area contributed by atoms with Gasteiger partial charge in [-0.3, -0.25) is 4.79 Å². The SMILES string of the molecule is CCC(O)(CC)[C@]1(C)C[C@H](C)[C@@](O)([C@H]2C[C@H](C)[C@H]([C@]3(C)CC[C@H]([C@@H]4CC[C@@]5(O[C@H]([C@@H](C)[C@@H](OC)[C@H](C)C(=O)O)[C@H](C)[C@@H](OC)C5C)O4)O3)O2)O1. The molecule has 11 nitrogen and oxygen atoms in total. The van der Waals surface area contributed by atoms with Gasteiger partial charge in [0.25, 0.3) is 0 Å². The maximum Gasteiger partial charge on any atom is 0.308 e. The average Bonchev–Trinajstić information content (AvgIpc) is 3.84. The number of aliphatic hydroxyl groups is 2. The fourth-order valence-electron chi connectivity index (χ4n) is 11.0. The Morgan fingerprint density at radius 2 is 1.60 bits per heavy atom. The molecule has 1 spiro atoms. The van der Waals surface area contributed by atoms with Crippen LogP contribution in [0.15, 0.2) is 0 Å². The molecule has 0 saturated carbocycles. The van der Waals surface area contributed by atoms with Crippen LogP contribution in [0.4, 0.5) is 0 Å². The highest BCUT2D eigenvalue weighted by molar-refractivity contribution is 5.70. The number of rotatable bonds is 12. The summed E-state index contributed by atoms with van der Waals surface area (Å²) >= 11 is 0. The van der Waals surface area contributed by atoms with Gasteiger partial charge in [-0.2, -0.15) is 0 Å². The first kappa shape index (κ1) is 40.3. The first-order chi connectivity index (χ1) is 23.3. The lowest BCUT2D eigenvalue weighted by atomic mass is 9.74. The first-order valence-electron chi connectivity index (χ1n) is 19.4. The fourth-order valence-corrected chi connectivity index (χ4v) is 11.0. The molecule has 0 bridgehead atoms. The normalized spacial score (nSPS) is 48.7. The molecule has 0 aliphatic carbocycles. The summed E-state index contributed by atoms with van der Waals surface area (Å²) in [6, 6.07) is 0. The van der Waals surface area contributed by atoms with Crippen molar-refractivity contribution in [3.05, 3.63) is 0 Å². The molecule has 0 amide bonds. The van der Waals surface area contributed by atoms with Crippen LogP contribution in [-0.2, 0) is 38.0 Å². The van der Waals surface area contributed by atoms with Gasteiger partial charge in [-0.25, -0.2) is 0 Å². The van der Waals surface area contributed by atoms with E-state index in [1.54, 1.807) is 21.1 Å². The average molecular weight is 713 g/mol. The van der Waals surface area contributed by atoms with Gasteiger partial charge in [0.05, 0.1) is 59.3 Å². The zero-order chi connectivity index (χ0) is 37.2. The Kier molecular flexibility index (Phi) is 11.6. The predicted molar refractivity (Wildman–Crippen MR) is 186 cm³/mol. The molecule has 5 heterocycles. The molecule has 5 rings (SSSR count). The zero-order valence-electron chi connectivity index (χ0n) is 32.8. The van der Waals surface area contributed by atoms with Crippen LogP contribution in [0, 0.1) is 35.5 Å². The molecule has 17 atom stereocenters. The molecule has 5 fully saturated rings. The quantitative estimate of drug-likeness (QED) is 0.229. The second-order valence-electron chi connectivity index (χ2n) is 17.3. The third-order valence-electron chi connectivity index (χ3n) is 14.3. The van der Waals surface area contributed by atoms with E-state index in [0.29, 0.717) is 32.1 Å². The predicted octanol–water partition coefficient (Wildman–Crippen LogP) is 5.71. The lowest BCUT2D eigenvalue weighted by Crippen LogP contribution is -2.60. The largest absolute Gasteiger partial charge is 0.481 e. The number of ether oxygens (including phenoxy) is 7. The maximum atomic E-state index is 12.1. The van der Waals surface area contributed by atoms with Crippen LogP contribution in [-0.4, -0.2) is 107 Å². The highest BCUT2D eigenvalue weighted by Gasteiger charge is 2.65. The summed E-state index contributed by atoms with van der Waals surface area (Å²) in [4.78, 5) is 11.9. The van der Waals surface area contributed by atoms with Crippen molar-refractivity contribution in [2.45, 2.75) is 192 Å². The number of hydrogen-bond acceptors (Lipinski definition) is 10. The molecule has 11 heteroatoms. The van der Waals surface area contributed by atoms with E-state index in [0.717, 1.165) is 19.3 Å². The van der Waals surface area contributed by atoms with Crippen molar-refractivity contribution in [1.82, 2.24) is 0 Å². The van der Waals surface area contributed by atoms with Crippen molar-refractivity contribution >= 4 is 5.97 Å². The fraction of sp³-hybridized carbons (Fsp3) is 0.974. The van der Waals surface area contributed by atoms with Gasteiger partial charge in [-0.05, 0) is 71.6 Å². The van der Waals surface area contributed by atoms with Crippen LogP contribution in [0.25, 0.3) is 0 Å². The molecule has 0 radical (unpaired) electrons. The number of carboxylic acids is 1. The molecule has 290 valence electrons. The Morgan fingerprint density at radius 1 is 0.980 bits per heavy atom. The van der Waals surface area contributed by atoms with Crippen LogP contribution in [0.5, 0.6) is 0 Å². The Hall–Kier alpha value is -0.890. The van der Waals surface area contributed by atoms with Crippen molar-refractivity contribution in [2.24, 2.45) is 35.5 Å². The minimum Gasteiger partial charge on any atom is -0.481 e. The monoisotopic (exact) mass is 712 g/mol. The Balaban J connectivity index is 1.28. The first-order valence-corrected chi connectivity index (χ1v) is 19.4. The second kappa shape index (κ2) is 14.4. The molecule has 1 unspecified atom stereocenters. The van der Waals surface area contributed by atoms with Crippen molar-refractivity contribution in [2.75, 3.05) is 14.2 Å². The van der Waals surface area contributed by atoms with Gasteiger partial charge in [0.15, 0.2) is 11.6 Å². The molecule has 3 N–H and O–H groups in total. The molecule has 5 saturated heterocycles. The summed E-state index contributed by atoms with van der Waals surface area (Å²) in [7, 11) is 3.28. The zero-order valence-corrected chi connectivity index (χ0v) is 32.8. The van der Waals surface area contributed by atoms with E-state index in [2.05, 4.69) is 27.7 Å². The summed E-state index contributed by atoms with van der Waals surface area (Å²) in [6.07, 6.45) is 3.17. The lowest BCUT2D eigenvalue weighted by Gasteiger charge is -2.52. The highest BCUT2D eigenvalue weighted by Crippen LogP contribution is 2.55. The number of aliphatic carboxylic acids is 1. The number of hydrogen-bond donors (Lipinski definition) is 3. The van der Waals surface area contributed by atoms with E-state index in [-0.39, 0.29) is 60.1 Å². The minimum absolute atomic E-state index is 0.00566. The molecule has 50 heavy (non-hydrogen) atoms. The summed E-state index contributed by atoms with van der Waals surface area (Å²) in [6.45, 7) is 20.0.